The lowest BCUT2D eigenvalue weighted by molar-refractivity contribution is 0.395. The molecular weight excluding hydrogens is 386 g/mol. The van der Waals surface area contributed by atoms with E-state index in [-0.39, 0.29) is 0 Å². The van der Waals surface area contributed by atoms with Gasteiger partial charge in [-0.15, -0.1) is 0 Å². The number of anilines is 3. The van der Waals surface area contributed by atoms with Crippen molar-refractivity contribution in [2.24, 2.45) is 11.5 Å². The zero-order valence-electron chi connectivity index (χ0n) is 19.3. The molecule has 0 aliphatic rings. The van der Waals surface area contributed by atoms with Crippen molar-refractivity contribution in [1.82, 2.24) is 0 Å². The van der Waals surface area contributed by atoms with Crippen LogP contribution >= 0.6 is 0 Å². The molecule has 0 radical (unpaired) electrons. The molecule has 3 aromatic rings. The predicted molar refractivity (Wildman–Crippen MR) is 129 cm³/mol. The normalized spacial score (nSPS) is 11.9. The summed E-state index contributed by atoms with van der Waals surface area (Å²) in [5.41, 5.74) is 16.8. The standard InChI is InChI=1S/C26H33N3O2/c1-25(2,27)18-7-11-20(12-8-18)29(21-13-9-19(10-14-21)26(3,4)28)23-16-15-22(30-5)17-24(23)31-6/h7-17H,27-28H2,1-6H3. The molecule has 0 spiro atoms. The molecule has 0 aliphatic carbocycles. The summed E-state index contributed by atoms with van der Waals surface area (Å²) in [7, 11) is 3.31. The van der Waals surface area contributed by atoms with Gasteiger partial charge in [-0.2, -0.15) is 0 Å². The summed E-state index contributed by atoms with van der Waals surface area (Å²) in [6, 6.07) is 22.4. The number of benzene rings is 3. The van der Waals surface area contributed by atoms with Crippen LogP contribution in [0.3, 0.4) is 0 Å². The van der Waals surface area contributed by atoms with Gasteiger partial charge in [-0.3, -0.25) is 0 Å². The molecule has 0 saturated heterocycles. The largest absolute Gasteiger partial charge is 0.497 e. The molecule has 164 valence electrons. The average Bonchev–Trinajstić information content (AvgIpc) is 2.73. The molecule has 5 heteroatoms. The maximum atomic E-state index is 6.28. The Kier molecular flexibility index (Phi) is 6.30. The molecule has 0 aliphatic heterocycles. The molecule has 0 fully saturated rings. The molecule has 0 saturated carbocycles. The number of hydrogen-bond acceptors (Lipinski definition) is 5. The number of methoxy groups -OCH3 is 2. The maximum absolute atomic E-state index is 6.28. The Hall–Kier alpha value is -3.02. The molecule has 0 atom stereocenters. The van der Waals surface area contributed by atoms with Crippen molar-refractivity contribution in [3.8, 4) is 11.5 Å². The van der Waals surface area contributed by atoms with Gasteiger partial charge in [-0.25, -0.2) is 0 Å². The van der Waals surface area contributed by atoms with Crippen molar-refractivity contribution >= 4 is 17.1 Å². The van der Waals surface area contributed by atoms with Crippen molar-refractivity contribution in [1.29, 1.82) is 0 Å². The highest BCUT2D eigenvalue weighted by Crippen LogP contribution is 2.42. The lowest BCUT2D eigenvalue weighted by Crippen LogP contribution is -2.28. The summed E-state index contributed by atoms with van der Waals surface area (Å²) in [6.45, 7) is 8.00. The second-order valence-electron chi connectivity index (χ2n) is 8.91. The van der Waals surface area contributed by atoms with E-state index in [0.29, 0.717) is 5.75 Å². The summed E-state index contributed by atoms with van der Waals surface area (Å²) in [5.74, 6) is 1.45. The van der Waals surface area contributed by atoms with Gasteiger partial charge in [0.15, 0.2) is 0 Å². The van der Waals surface area contributed by atoms with Crippen molar-refractivity contribution in [2.75, 3.05) is 19.1 Å². The highest BCUT2D eigenvalue weighted by Gasteiger charge is 2.21. The Bertz CT molecular complexity index is 957. The van der Waals surface area contributed by atoms with Crippen LogP contribution in [0.5, 0.6) is 11.5 Å². The Morgan fingerprint density at radius 2 is 1.10 bits per heavy atom. The number of hydrogen-bond donors (Lipinski definition) is 2. The molecule has 5 nitrogen and oxygen atoms in total. The minimum absolute atomic E-state index is 0.407. The fourth-order valence-corrected chi connectivity index (χ4v) is 3.48. The minimum Gasteiger partial charge on any atom is -0.497 e. The van der Waals surface area contributed by atoms with Gasteiger partial charge in [0.2, 0.25) is 0 Å². The smallest absolute Gasteiger partial charge is 0.146 e. The molecule has 0 aromatic heterocycles. The third-order valence-corrected chi connectivity index (χ3v) is 5.37. The molecule has 31 heavy (non-hydrogen) atoms. The molecule has 0 heterocycles. The van der Waals surface area contributed by atoms with Crippen LogP contribution in [0.1, 0.15) is 38.8 Å². The average molecular weight is 420 g/mol. The lowest BCUT2D eigenvalue weighted by Gasteiger charge is -2.29. The third kappa shape index (κ3) is 5.01. The first-order valence-corrected chi connectivity index (χ1v) is 10.4. The Balaban J connectivity index is 2.15. The van der Waals surface area contributed by atoms with E-state index in [1.165, 1.54) is 0 Å². The first-order valence-electron chi connectivity index (χ1n) is 10.4. The Morgan fingerprint density at radius 1 is 0.645 bits per heavy atom. The van der Waals surface area contributed by atoms with Gasteiger partial charge < -0.3 is 25.8 Å². The number of ether oxygens (including phenoxy) is 2. The highest BCUT2D eigenvalue weighted by molar-refractivity contribution is 5.80. The second-order valence-corrected chi connectivity index (χ2v) is 8.91. The summed E-state index contributed by atoms with van der Waals surface area (Å²) >= 11 is 0. The topological polar surface area (TPSA) is 73.7 Å². The zero-order chi connectivity index (χ0) is 22.8. The van der Waals surface area contributed by atoms with Crippen molar-refractivity contribution in [3.05, 3.63) is 77.9 Å². The first-order chi connectivity index (χ1) is 14.5. The van der Waals surface area contributed by atoms with E-state index in [4.69, 9.17) is 20.9 Å². The number of rotatable bonds is 7. The molecule has 3 aromatic carbocycles. The van der Waals surface area contributed by atoms with Crippen LogP contribution in [0.15, 0.2) is 66.7 Å². The minimum atomic E-state index is -0.407. The Labute approximate surface area is 185 Å². The third-order valence-electron chi connectivity index (χ3n) is 5.37. The van der Waals surface area contributed by atoms with Crippen LogP contribution in [0.4, 0.5) is 17.1 Å². The van der Waals surface area contributed by atoms with Gasteiger partial charge in [0, 0.05) is 28.5 Å². The molecule has 0 unspecified atom stereocenters. The fraction of sp³-hybridized carbons (Fsp3) is 0.308. The van der Waals surface area contributed by atoms with Crippen LogP contribution in [0.2, 0.25) is 0 Å². The summed E-state index contributed by atoms with van der Waals surface area (Å²) in [4.78, 5) is 2.15. The first kappa shape index (κ1) is 22.7. The van der Waals surface area contributed by atoms with E-state index < -0.39 is 11.1 Å². The van der Waals surface area contributed by atoms with Crippen molar-refractivity contribution in [3.63, 3.8) is 0 Å². The second kappa shape index (κ2) is 8.61. The highest BCUT2D eigenvalue weighted by atomic mass is 16.5. The summed E-state index contributed by atoms with van der Waals surface area (Å²) < 4.78 is 11.1. The molecular formula is C26H33N3O2. The molecule has 0 bridgehead atoms. The molecule has 3 rings (SSSR count). The molecule has 4 N–H and O–H groups in total. The lowest BCUT2D eigenvalue weighted by atomic mass is 9.94. The SMILES string of the molecule is COc1ccc(N(c2ccc(C(C)(C)N)cc2)c2ccc(C(C)(C)N)cc2)c(OC)c1. The van der Waals surface area contributed by atoms with Crippen molar-refractivity contribution in [2.45, 2.75) is 38.8 Å². The van der Waals surface area contributed by atoms with Crippen LogP contribution in [-0.4, -0.2) is 14.2 Å². The van der Waals surface area contributed by atoms with Gasteiger partial charge in [-0.1, -0.05) is 24.3 Å². The zero-order valence-corrected chi connectivity index (χ0v) is 19.3. The predicted octanol–water partition coefficient (Wildman–Crippen LogP) is 5.56. The van der Waals surface area contributed by atoms with Crippen LogP contribution < -0.4 is 25.8 Å². The maximum Gasteiger partial charge on any atom is 0.146 e. The van der Waals surface area contributed by atoms with E-state index in [2.05, 4.69) is 53.4 Å². The van der Waals surface area contributed by atoms with E-state index in [1.807, 2.05) is 45.9 Å². The summed E-state index contributed by atoms with van der Waals surface area (Å²) in [5, 5.41) is 0. The summed E-state index contributed by atoms with van der Waals surface area (Å²) in [6.07, 6.45) is 0. The number of nitrogens with two attached hydrogens (primary N) is 2. The van der Waals surface area contributed by atoms with E-state index in [1.54, 1.807) is 14.2 Å². The van der Waals surface area contributed by atoms with Gasteiger partial charge >= 0.3 is 0 Å². The van der Waals surface area contributed by atoms with Crippen LogP contribution in [0, 0.1) is 0 Å². The van der Waals surface area contributed by atoms with Crippen LogP contribution in [0.25, 0.3) is 0 Å². The molecule has 0 amide bonds. The van der Waals surface area contributed by atoms with Crippen molar-refractivity contribution < 1.29 is 9.47 Å². The van der Waals surface area contributed by atoms with Gasteiger partial charge in [0.1, 0.15) is 11.5 Å². The van der Waals surface area contributed by atoms with Gasteiger partial charge in [-0.05, 0) is 75.2 Å². The van der Waals surface area contributed by atoms with Crippen LogP contribution in [-0.2, 0) is 11.1 Å². The quantitative estimate of drug-likeness (QED) is 0.524. The van der Waals surface area contributed by atoms with E-state index in [0.717, 1.165) is 33.9 Å². The monoisotopic (exact) mass is 419 g/mol. The van der Waals surface area contributed by atoms with E-state index >= 15 is 0 Å². The fourth-order valence-electron chi connectivity index (χ4n) is 3.48. The Morgan fingerprint density at radius 3 is 1.45 bits per heavy atom. The number of nitrogens with zero attached hydrogens (tertiary/aromatic N) is 1. The van der Waals surface area contributed by atoms with E-state index in [9.17, 15) is 0 Å². The van der Waals surface area contributed by atoms with Gasteiger partial charge in [0.25, 0.3) is 0 Å². The van der Waals surface area contributed by atoms with Gasteiger partial charge in [0.05, 0.1) is 19.9 Å².